The molecule has 0 radical (unpaired) electrons. The topological polar surface area (TPSA) is 77.5 Å². The summed E-state index contributed by atoms with van der Waals surface area (Å²) in [5.74, 6) is -4.22. The van der Waals surface area contributed by atoms with Crippen LogP contribution in [0.5, 0.6) is 0 Å². The van der Waals surface area contributed by atoms with Crippen LogP contribution in [0.15, 0.2) is 29.4 Å². The Morgan fingerprint density at radius 2 is 2.15 bits per heavy atom. The molecule has 6 nitrogen and oxygen atoms in total. The van der Waals surface area contributed by atoms with Crippen LogP contribution in [0.1, 0.15) is 18.2 Å². The number of alkyl halides is 2. The van der Waals surface area contributed by atoms with Gasteiger partial charge in [-0.25, -0.2) is 9.38 Å². The molecular weight excluding hydrogens is 383 g/mol. The minimum absolute atomic E-state index is 0.264. The Hall–Kier alpha value is -2.42. The summed E-state index contributed by atoms with van der Waals surface area (Å²) in [6, 6.07) is 3.50. The third-order valence-corrected chi connectivity index (χ3v) is 4.80. The smallest absolute Gasteiger partial charge is 0.310 e. The average molecular weight is 402 g/mol. The maximum absolute atomic E-state index is 14.4. The summed E-state index contributed by atoms with van der Waals surface area (Å²) in [7, 11) is 1.76. The Bertz CT molecular complexity index is 885. The van der Waals surface area contributed by atoms with Crippen LogP contribution in [-0.2, 0) is 23.7 Å². The van der Waals surface area contributed by atoms with E-state index in [1.54, 1.807) is 17.9 Å². The summed E-state index contributed by atoms with van der Waals surface area (Å²) < 4.78 is 49.5. The molecule has 3 rings (SSSR count). The van der Waals surface area contributed by atoms with Crippen LogP contribution in [0, 0.1) is 5.82 Å². The minimum atomic E-state index is -3.42. The van der Waals surface area contributed by atoms with Gasteiger partial charge in [-0.1, -0.05) is 11.6 Å². The summed E-state index contributed by atoms with van der Waals surface area (Å²) in [6.45, 7) is 0.607. The van der Waals surface area contributed by atoms with Crippen LogP contribution in [-0.4, -0.2) is 34.9 Å². The molecule has 3 N–H and O–H groups in total. The van der Waals surface area contributed by atoms with Gasteiger partial charge in [0.1, 0.15) is 5.82 Å². The molecule has 1 aromatic carbocycles. The molecule has 1 atom stereocenters. The van der Waals surface area contributed by atoms with Gasteiger partial charge in [-0.15, -0.1) is 0 Å². The summed E-state index contributed by atoms with van der Waals surface area (Å²) in [5, 5.41) is 7.83. The number of aromatic nitrogens is 2. The molecule has 146 valence electrons. The number of ether oxygens (including phenoxy) is 1. The number of hydrogen-bond acceptors (Lipinski definition) is 5. The summed E-state index contributed by atoms with van der Waals surface area (Å²) in [6.07, 6.45) is 2.20. The number of anilines is 1. The third-order valence-electron chi connectivity index (χ3n) is 4.48. The Balaban J connectivity index is 1.82. The number of nitrogens with zero attached hydrogens (tertiary/aromatic N) is 3. The highest BCUT2D eigenvalue weighted by molar-refractivity contribution is 6.31. The lowest BCUT2D eigenvalue weighted by Gasteiger charge is -2.37. The largest absolute Gasteiger partial charge is 0.459 e. The number of nitrogens with two attached hydrogens (primary N) is 1. The molecule has 0 fully saturated rings. The van der Waals surface area contributed by atoms with Gasteiger partial charge >= 0.3 is 5.92 Å². The highest BCUT2D eigenvalue weighted by atomic mass is 35.5. The Kier molecular flexibility index (Phi) is 4.98. The maximum atomic E-state index is 14.4. The lowest BCUT2D eigenvalue weighted by Crippen LogP contribution is -2.51. The second kappa shape index (κ2) is 6.95. The fourth-order valence-electron chi connectivity index (χ4n) is 2.91. The Morgan fingerprint density at radius 1 is 1.41 bits per heavy atom. The SMILES string of the molecule is Cn1cc(Cl)c(CCNc2ccc(F)c([C@@]3(C)N=C(N)OCC3(F)F)c2)n1. The van der Waals surface area contributed by atoms with Crippen molar-refractivity contribution in [3.63, 3.8) is 0 Å². The number of nitrogens with one attached hydrogen (secondary N) is 1. The van der Waals surface area contributed by atoms with Crippen molar-refractivity contribution >= 4 is 23.3 Å². The Morgan fingerprint density at radius 3 is 2.81 bits per heavy atom. The zero-order valence-electron chi connectivity index (χ0n) is 14.8. The van der Waals surface area contributed by atoms with Crippen LogP contribution >= 0.6 is 11.6 Å². The molecule has 1 aliphatic heterocycles. The number of rotatable bonds is 5. The van der Waals surface area contributed by atoms with Gasteiger partial charge in [-0.2, -0.15) is 13.9 Å². The fraction of sp³-hybridized carbons (Fsp3) is 0.412. The number of aliphatic imine (C=N–C) groups is 1. The van der Waals surface area contributed by atoms with E-state index < -0.39 is 29.9 Å². The number of aryl methyl sites for hydroxylation is 1. The van der Waals surface area contributed by atoms with E-state index in [1.165, 1.54) is 12.1 Å². The molecule has 10 heteroatoms. The van der Waals surface area contributed by atoms with Gasteiger partial charge in [0.05, 0.1) is 10.7 Å². The number of hydrogen-bond donors (Lipinski definition) is 2. The van der Waals surface area contributed by atoms with Crippen molar-refractivity contribution in [2.24, 2.45) is 17.8 Å². The van der Waals surface area contributed by atoms with E-state index in [1.807, 2.05) is 0 Å². The first kappa shape index (κ1) is 19.3. The van der Waals surface area contributed by atoms with Crippen LogP contribution < -0.4 is 11.1 Å². The van der Waals surface area contributed by atoms with Gasteiger partial charge in [0.2, 0.25) is 0 Å². The molecule has 2 heterocycles. The quantitative estimate of drug-likeness (QED) is 0.807. The van der Waals surface area contributed by atoms with E-state index >= 15 is 0 Å². The normalized spacial score (nSPS) is 21.5. The minimum Gasteiger partial charge on any atom is -0.459 e. The summed E-state index contributed by atoms with van der Waals surface area (Å²) in [5.41, 5.74) is 4.19. The second-order valence-corrected chi connectivity index (χ2v) is 6.89. The molecule has 0 unspecified atom stereocenters. The lowest BCUT2D eigenvalue weighted by molar-refractivity contribution is -0.117. The van der Waals surface area contributed by atoms with Crippen molar-refractivity contribution in [3.05, 3.63) is 46.5 Å². The van der Waals surface area contributed by atoms with E-state index in [2.05, 4.69) is 20.1 Å². The van der Waals surface area contributed by atoms with Crippen molar-refractivity contribution in [2.75, 3.05) is 18.5 Å². The van der Waals surface area contributed by atoms with Gasteiger partial charge in [-0.3, -0.25) is 4.68 Å². The average Bonchev–Trinajstić information content (AvgIpc) is 2.91. The lowest BCUT2D eigenvalue weighted by atomic mass is 9.85. The molecule has 0 saturated heterocycles. The van der Waals surface area contributed by atoms with E-state index in [-0.39, 0.29) is 5.56 Å². The first-order valence-electron chi connectivity index (χ1n) is 8.20. The van der Waals surface area contributed by atoms with Crippen molar-refractivity contribution in [1.29, 1.82) is 0 Å². The zero-order valence-corrected chi connectivity index (χ0v) is 15.5. The molecule has 0 spiro atoms. The molecule has 0 bridgehead atoms. The van der Waals surface area contributed by atoms with E-state index in [0.29, 0.717) is 29.4 Å². The molecular formula is C17H19ClF3N5O. The molecule has 1 aliphatic rings. The monoisotopic (exact) mass is 401 g/mol. The van der Waals surface area contributed by atoms with Crippen LogP contribution in [0.25, 0.3) is 0 Å². The van der Waals surface area contributed by atoms with Crippen molar-refractivity contribution < 1.29 is 17.9 Å². The van der Waals surface area contributed by atoms with Crippen molar-refractivity contribution in [2.45, 2.75) is 24.8 Å². The van der Waals surface area contributed by atoms with E-state index in [0.717, 1.165) is 13.0 Å². The molecule has 2 aromatic rings. The van der Waals surface area contributed by atoms with Crippen LogP contribution in [0.3, 0.4) is 0 Å². The van der Waals surface area contributed by atoms with Crippen molar-refractivity contribution in [3.8, 4) is 0 Å². The highest BCUT2D eigenvalue weighted by Gasteiger charge is 2.56. The van der Waals surface area contributed by atoms with Gasteiger partial charge in [0.15, 0.2) is 12.1 Å². The van der Waals surface area contributed by atoms with E-state index in [4.69, 9.17) is 17.3 Å². The third kappa shape index (κ3) is 3.69. The standard InChI is InChI=1S/C17H19ClF3N5O/c1-16(17(20,21)9-27-15(22)24-16)11-7-10(3-4-13(11)19)23-6-5-14-12(18)8-26(2)25-14/h3-4,7-8,23H,5-6,9H2,1-2H3,(H2,22,24)/t16-/m1/s1. The first-order chi connectivity index (χ1) is 12.6. The first-order valence-corrected chi connectivity index (χ1v) is 8.58. The molecule has 0 amide bonds. The molecule has 1 aromatic heterocycles. The zero-order chi connectivity index (χ0) is 19.8. The molecule has 0 aliphatic carbocycles. The van der Waals surface area contributed by atoms with Crippen LogP contribution in [0.2, 0.25) is 5.02 Å². The second-order valence-electron chi connectivity index (χ2n) is 6.48. The van der Waals surface area contributed by atoms with E-state index in [9.17, 15) is 13.2 Å². The van der Waals surface area contributed by atoms with Gasteiger partial charge in [0, 0.05) is 37.5 Å². The number of amidine groups is 1. The summed E-state index contributed by atoms with van der Waals surface area (Å²) in [4.78, 5) is 3.71. The van der Waals surface area contributed by atoms with Crippen LogP contribution in [0.4, 0.5) is 18.9 Å². The van der Waals surface area contributed by atoms with Gasteiger partial charge < -0.3 is 15.8 Å². The maximum Gasteiger partial charge on any atom is 0.310 e. The number of benzene rings is 1. The fourth-order valence-corrected chi connectivity index (χ4v) is 3.18. The van der Waals surface area contributed by atoms with Gasteiger partial charge in [0.25, 0.3) is 6.02 Å². The number of halogens is 4. The molecule has 0 saturated carbocycles. The highest BCUT2D eigenvalue weighted by Crippen LogP contribution is 2.44. The summed E-state index contributed by atoms with van der Waals surface area (Å²) >= 11 is 6.06. The molecule has 27 heavy (non-hydrogen) atoms. The Labute approximate surface area is 159 Å². The predicted octanol–water partition coefficient (Wildman–Crippen LogP) is 3.06. The predicted molar refractivity (Wildman–Crippen MR) is 96.7 cm³/mol. The van der Waals surface area contributed by atoms with Crippen molar-refractivity contribution in [1.82, 2.24) is 9.78 Å². The van der Waals surface area contributed by atoms with Gasteiger partial charge in [-0.05, 0) is 25.1 Å².